The minimum Gasteiger partial charge on any atom is -0.479 e. The maximum absolute atomic E-state index is 11.6. The molecule has 19 heavy (non-hydrogen) atoms. The molecule has 1 fully saturated rings. The Morgan fingerprint density at radius 2 is 2.32 bits per heavy atom. The van der Waals surface area contributed by atoms with Crippen LogP contribution in [-0.2, 0) is 20.8 Å². The van der Waals surface area contributed by atoms with Crippen LogP contribution in [0, 0.1) is 0 Å². The molecule has 0 radical (unpaired) electrons. The molecule has 0 bridgehead atoms. The van der Waals surface area contributed by atoms with E-state index in [-0.39, 0.29) is 6.42 Å². The van der Waals surface area contributed by atoms with Gasteiger partial charge in [-0.05, 0) is 0 Å². The lowest BCUT2D eigenvalue weighted by atomic mass is 9.98. The number of Topliss-reactive ketones (excluding diaryl/α,β-unsaturated/α-hetero) is 1. The first-order valence-corrected chi connectivity index (χ1v) is 5.85. The molecule has 102 valence electrons. The van der Waals surface area contributed by atoms with Crippen molar-refractivity contribution < 1.29 is 19.5 Å². The zero-order chi connectivity index (χ0) is 13.8. The lowest BCUT2D eigenvalue weighted by Crippen LogP contribution is -2.59. The number of carboxylic acid groups (broad SMARTS) is 1. The lowest BCUT2D eigenvalue weighted by molar-refractivity contribution is -0.148. The standard InChI is InChI=1S/C11H14N4O4/c16-8-3-7(10(17)15-9(8)11(18)19)13-2-1-6-4-12-5-14-6/h4-5,7,9,13H,1-3H2,(H,12,14)(H,15,17)(H,18,19)/t7?,9-/m0/s1. The van der Waals surface area contributed by atoms with E-state index in [1.54, 1.807) is 12.5 Å². The van der Waals surface area contributed by atoms with Crippen molar-refractivity contribution in [2.75, 3.05) is 6.54 Å². The average molecular weight is 266 g/mol. The third-order valence-corrected chi connectivity index (χ3v) is 2.90. The molecule has 2 rings (SSSR count). The second-order valence-corrected chi connectivity index (χ2v) is 4.27. The van der Waals surface area contributed by atoms with Crippen LogP contribution in [0.3, 0.4) is 0 Å². The number of H-pyrrole nitrogens is 1. The normalized spacial score (nSPS) is 23.2. The second kappa shape index (κ2) is 5.61. The molecule has 0 aliphatic carbocycles. The number of carbonyl (C=O) groups is 3. The summed E-state index contributed by atoms with van der Waals surface area (Å²) < 4.78 is 0. The van der Waals surface area contributed by atoms with E-state index in [9.17, 15) is 14.4 Å². The third kappa shape index (κ3) is 3.16. The summed E-state index contributed by atoms with van der Waals surface area (Å²) in [4.78, 5) is 40.7. The lowest BCUT2D eigenvalue weighted by Gasteiger charge is -2.26. The number of hydrogen-bond donors (Lipinski definition) is 4. The zero-order valence-corrected chi connectivity index (χ0v) is 10.0. The first-order valence-electron chi connectivity index (χ1n) is 5.85. The monoisotopic (exact) mass is 266 g/mol. The van der Waals surface area contributed by atoms with E-state index in [2.05, 4.69) is 20.6 Å². The molecule has 4 N–H and O–H groups in total. The topological polar surface area (TPSA) is 124 Å². The summed E-state index contributed by atoms with van der Waals surface area (Å²) in [6, 6.07) is -2.10. The molecule has 8 heteroatoms. The number of imidazole rings is 1. The number of nitrogens with one attached hydrogen (secondary N) is 3. The van der Waals surface area contributed by atoms with Crippen molar-refractivity contribution in [1.82, 2.24) is 20.6 Å². The number of carboxylic acids is 1. The zero-order valence-electron chi connectivity index (χ0n) is 10.0. The highest BCUT2D eigenvalue weighted by Gasteiger charge is 2.37. The number of nitrogens with zero attached hydrogens (tertiary/aromatic N) is 1. The molecule has 0 aromatic carbocycles. The van der Waals surface area contributed by atoms with Crippen molar-refractivity contribution >= 4 is 17.7 Å². The number of aliphatic carboxylic acids is 1. The van der Waals surface area contributed by atoms with Crippen LogP contribution in [0.4, 0.5) is 0 Å². The van der Waals surface area contributed by atoms with Crippen LogP contribution in [0.15, 0.2) is 12.5 Å². The van der Waals surface area contributed by atoms with Crippen molar-refractivity contribution in [3.05, 3.63) is 18.2 Å². The number of carbonyl (C=O) groups excluding carboxylic acids is 2. The molecule has 2 atom stereocenters. The number of amides is 1. The maximum Gasteiger partial charge on any atom is 0.334 e. The van der Waals surface area contributed by atoms with Crippen LogP contribution in [-0.4, -0.2) is 51.4 Å². The first-order chi connectivity index (χ1) is 9.08. The summed E-state index contributed by atoms with van der Waals surface area (Å²) in [5.41, 5.74) is 0.846. The van der Waals surface area contributed by atoms with E-state index in [0.717, 1.165) is 5.69 Å². The van der Waals surface area contributed by atoms with Crippen LogP contribution in [0.25, 0.3) is 0 Å². The molecule has 1 aliphatic rings. The summed E-state index contributed by atoms with van der Waals surface area (Å²) in [6.45, 7) is 0.480. The smallest absolute Gasteiger partial charge is 0.334 e. The highest BCUT2D eigenvalue weighted by molar-refractivity contribution is 6.09. The van der Waals surface area contributed by atoms with Gasteiger partial charge in [-0.25, -0.2) is 9.78 Å². The van der Waals surface area contributed by atoms with Gasteiger partial charge < -0.3 is 20.7 Å². The molecule has 1 unspecified atom stereocenters. The van der Waals surface area contributed by atoms with Crippen LogP contribution in [0.1, 0.15) is 12.1 Å². The maximum atomic E-state index is 11.6. The third-order valence-electron chi connectivity index (χ3n) is 2.90. The van der Waals surface area contributed by atoms with Gasteiger partial charge in [-0.15, -0.1) is 0 Å². The Labute approximate surface area is 108 Å². The van der Waals surface area contributed by atoms with Crippen LogP contribution >= 0.6 is 0 Å². The molecule has 1 aromatic rings. The summed E-state index contributed by atoms with van der Waals surface area (Å²) in [5.74, 6) is -2.29. The van der Waals surface area contributed by atoms with Gasteiger partial charge in [0.05, 0.1) is 18.1 Å². The van der Waals surface area contributed by atoms with E-state index < -0.39 is 29.7 Å². The average Bonchev–Trinajstić information content (AvgIpc) is 2.85. The molecule has 0 spiro atoms. The number of ketones is 1. The Morgan fingerprint density at radius 1 is 1.53 bits per heavy atom. The predicted octanol–water partition coefficient (Wildman–Crippen LogP) is -1.55. The number of rotatable bonds is 5. The fraction of sp³-hybridized carbons (Fsp3) is 0.455. The summed E-state index contributed by atoms with van der Waals surface area (Å²) in [5, 5.41) is 13.9. The SMILES string of the molecule is O=C1N[C@H](C(=O)O)C(=O)CC1NCCc1c[nH]cn1. The predicted molar refractivity (Wildman–Crippen MR) is 63.3 cm³/mol. The van der Waals surface area contributed by atoms with Gasteiger partial charge in [-0.1, -0.05) is 0 Å². The van der Waals surface area contributed by atoms with Crippen LogP contribution in [0.5, 0.6) is 0 Å². The molecule has 2 heterocycles. The number of piperidine rings is 1. The van der Waals surface area contributed by atoms with E-state index in [4.69, 9.17) is 5.11 Å². The first kappa shape index (κ1) is 13.2. The van der Waals surface area contributed by atoms with Gasteiger partial charge in [0.1, 0.15) is 0 Å². The Balaban J connectivity index is 1.83. The van der Waals surface area contributed by atoms with Gasteiger partial charge >= 0.3 is 5.97 Å². The molecular weight excluding hydrogens is 252 g/mol. The Bertz CT molecular complexity index is 485. The second-order valence-electron chi connectivity index (χ2n) is 4.27. The van der Waals surface area contributed by atoms with Crippen molar-refractivity contribution in [3.8, 4) is 0 Å². The largest absolute Gasteiger partial charge is 0.479 e. The summed E-state index contributed by atoms with van der Waals surface area (Å²) >= 11 is 0. The molecule has 1 saturated heterocycles. The molecule has 0 saturated carbocycles. The minimum absolute atomic E-state index is 0.108. The summed E-state index contributed by atoms with van der Waals surface area (Å²) in [7, 11) is 0. The Morgan fingerprint density at radius 3 is 2.95 bits per heavy atom. The van der Waals surface area contributed by atoms with E-state index in [0.29, 0.717) is 13.0 Å². The number of aromatic nitrogens is 2. The fourth-order valence-electron chi connectivity index (χ4n) is 1.90. The van der Waals surface area contributed by atoms with Gasteiger partial charge in [0.15, 0.2) is 11.8 Å². The Hall–Kier alpha value is -2.22. The van der Waals surface area contributed by atoms with Crippen LogP contribution in [0.2, 0.25) is 0 Å². The van der Waals surface area contributed by atoms with Gasteiger partial charge in [0.2, 0.25) is 5.91 Å². The van der Waals surface area contributed by atoms with Crippen molar-refractivity contribution in [2.45, 2.75) is 24.9 Å². The highest BCUT2D eigenvalue weighted by Crippen LogP contribution is 2.06. The van der Waals surface area contributed by atoms with Crippen molar-refractivity contribution in [1.29, 1.82) is 0 Å². The van der Waals surface area contributed by atoms with Gasteiger partial charge in [0.25, 0.3) is 0 Å². The molecule has 8 nitrogen and oxygen atoms in total. The van der Waals surface area contributed by atoms with Gasteiger partial charge in [0, 0.05) is 25.6 Å². The van der Waals surface area contributed by atoms with E-state index in [1.165, 1.54) is 0 Å². The van der Waals surface area contributed by atoms with Gasteiger partial charge in [-0.2, -0.15) is 0 Å². The van der Waals surface area contributed by atoms with Crippen molar-refractivity contribution in [3.63, 3.8) is 0 Å². The van der Waals surface area contributed by atoms with Crippen molar-refractivity contribution in [2.24, 2.45) is 0 Å². The molecule has 1 aromatic heterocycles. The van der Waals surface area contributed by atoms with Gasteiger partial charge in [-0.3, -0.25) is 9.59 Å². The Kier molecular flexibility index (Phi) is 3.91. The van der Waals surface area contributed by atoms with E-state index in [1.807, 2.05) is 0 Å². The minimum atomic E-state index is -1.42. The fourth-order valence-corrected chi connectivity index (χ4v) is 1.90. The molecule has 1 amide bonds. The van der Waals surface area contributed by atoms with E-state index >= 15 is 0 Å². The summed E-state index contributed by atoms with van der Waals surface area (Å²) in [6.07, 6.45) is 3.81. The number of hydrogen-bond acceptors (Lipinski definition) is 5. The number of aromatic amines is 1. The quantitative estimate of drug-likeness (QED) is 0.478. The highest BCUT2D eigenvalue weighted by atomic mass is 16.4. The molecule has 1 aliphatic heterocycles. The van der Waals surface area contributed by atoms with Crippen LogP contribution < -0.4 is 10.6 Å². The molecular formula is C11H14N4O4.